The van der Waals surface area contributed by atoms with E-state index in [1.165, 1.54) is 6.92 Å². The predicted octanol–water partition coefficient (Wildman–Crippen LogP) is 1.78. The number of hydrazine groups is 1. The molecule has 1 aliphatic rings. The quantitative estimate of drug-likeness (QED) is 0.570. The second kappa shape index (κ2) is 6.55. The lowest BCUT2D eigenvalue weighted by molar-refractivity contribution is 0.0451. The Bertz CT molecular complexity index is 620. The normalized spacial score (nSPS) is 19.6. The fourth-order valence-corrected chi connectivity index (χ4v) is 2.63. The summed E-state index contributed by atoms with van der Waals surface area (Å²) in [7, 11) is 0. The predicted molar refractivity (Wildman–Crippen MR) is 74.1 cm³/mol. The molecule has 0 aliphatic heterocycles. The number of nitrogens with one attached hydrogen (secondary N) is 1. The topological polar surface area (TPSA) is 84.1 Å². The van der Waals surface area contributed by atoms with Crippen molar-refractivity contribution in [2.75, 3.05) is 6.54 Å². The standard InChI is InChI=1S/C14H17F3N4O/c1-8(13-12(17)5-19-7-20-13)14(22,6-21-18)10-3-2-9(15)4-11(10)16/h4-5,7-8,21-22H,2-3,6,18H2,1H3/t8-,14-/m1/s1. The van der Waals surface area contributed by atoms with E-state index in [9.17, 15) is 18.3 Å². The Morgan fingerprint density at radius 2 is 2.14 bits per heavy atom. The summed E-state index contributed by atoms with van der Waals surface area (Å²) in [4.78, 5) is 7.35. The monoisotopic (exact) mass is 314 g/mol. The minimum absolute atomic E-state index is 0.0244. The molecular formula is C14H17F3N4O. The van der Waals surface area contributed by atoms with Gasteiger partial charge in [0.15, 0.2) is 5.82 Å². The Labute approximate surface area is 125 Å². The molecule has 8 heteroatoms. The molecule has 0 spiro atoms. The van der Waals surface area contributed by atoms with E-state index in [1.54, 1.807) is 0 Å². The van der Waals surface area contributed by atoms with Crippen molar-refractivity contribution in [1.29, 1.82) is 0 Å². The zero-order valence-corrected chi connectivity index (χ0v) is 12.0. The van der Waals surface area contributed by atoms with Gasteiger partial charge < -0.3 is 5.11 Å². The SMILES string of the molecule is C[C@H](c1ncncc1F)[C@](O)(CNN)C1=C(F)C=C(F)CC1. The number of hydrogen-bond acceptors (Lipinski definition) is 5. The van der Waals surface area contributed by atoms with Crippen molar-refractivity contribution in [3.63, 3.8) is 0 Å². The number of rotatable bonds is 5. The molecule has 0 radical (unpaired) electrons. The molecule has 0 bridgehead atoms. The van der Waals surface area contributed by atoms with E-state index in [0.717, 1.165) is 18.6 Å². The van der Waals surface area contributed by atoms with Gasteiger partial charge in [-0.2, -0.15) is 0 Å². The highest BCUT2D eigenvalue weighted by Gasteiger charge is 2.42. The molecule has 0 saturated heterocycles. The summed E-state index contributed by atoms with van der Waals surface area (Å²) in [5, 5.41) is 10.9. The smallest absolute Gasteiger partial charge is 0.163 e. The first-order valence-corrected chi connectivity index (χ1v) is 6.76. The van der Waals surface area contributed by atoms with Gasteiger partial charge >= 0.3 is 0 Å². The molecule has 2 atom stereocenters. The lowest BCUT2D eigenvalue weighted by Crippen LogP contribution is -2.49. The third-order valence-corrected chi connectivity index (χ3v) is 3.90. The molecule has 0 unspecified atom stereocenters. The first-order valence-electron chi connectivity index (χ1n) is 6.76. The van der Waals surface area contributed by atoms with Crippen LogP contribution in [0.15, 0.2) is 35.8 Å². The van der Waals surface area contributed by atoms with Crippen LogP contribution in [0.1, 0.15) is 31.4 Å². The van der Waals surface area contributed by atoms with Crippen molar-refractivity contribution >= 4 is 0 Å². The van der Waals surface area contributed by atoms with Crippen molar-refractivity contribution in [3.8, 4) is 0 Å². The van der Waals surface area contributed by atoms with Gasteiger partial charge in [0, 0.05) is 25.0 Å². The number of allylic oxidation sites excluding steroid dienone is 3. The van der Waals surface area contributed by atoms with Gasteiger partial charge in [0.2, 0.25) is 0 Å². The number of hydrogen-bond donors (Lipinski definition) is 3. The number of nitrogens with two attached hydrogens (primary N) is 1. The fourth-order valence-electron chi connectivity index (χ4n) is 2.63. The van der Waals surface area contributed by atoms with Crippen LogP contribution in [0.25, 0.3) is 0 Å². The molecule has 1 aromatic rings. The van der Waals surface area contributed by atoms with E-state index in [4.69, 9.17) is 5.84 Å². The van der Waals surface area contributed by atoms with Crippen LogP contribution in [0.4, 0.5) is 13.2 Å². The Morgan fingerprint density at radius 1 is 1.41 bits per heavy atom. The molecule has 1 heterocycles. The molecule has 4 N–H and O–H groups in total. The van der Waals surface area contributed by atoms with Gasteiger partial charge in [-0.25, -0.2) is 23.1 Å². The molecule has 0 amide bonds. The van der Waals surface area contributed by atoms with Crippen molar-refractivity contribution in [2.24, 2.45) is 5.84 Å². The molecule has 120 valence electrons. The lowest BCUT2D eigenvalue weighted by atomic mass is 9.76. The van der Waals surface area contributed by atoms with E-state index in [0.29, 0.717) is 0 Å². The summed E-state index contributed by atoms with van der Waals surface area (Å²) < 4.78 is 41.1. The van der Waals surface area contributed by atoms with Crippen LogP contribution >= 0.6 is 0 Å². The van der Waals surface area contributed by atoms with Crippen LogP contribution < -0.4 is 11.3 Å². The van der Waals surface area contributed by atoms with Gasteiger partial charge in [-0.05, 0) is 12.0 Å². The maximum absolute atomic E-state index is 14.1. The Kier molecular flexibility index (Phi) is 4.94. The van der Waals surface area contributed by atoms with E-state index < -0.39 is 29.0 Å². The van der Waals surface area contributed by atoms with E-state index in [2.05, 4.69) is 15.4 Å². The minimum atomic E-state index is -1.84. The second-order valence-electron chi connectivity index (χ2n) is 5.20. The van der Waals surface area contributed by atoms with Crippen LogP contribution in [0.3, 0.4) is 0 Å². The van der Waals surface area contributed by atoms with Crippen LogP contribution in [0, 0.1) is 5.82 Å². The van der Waals surface area contributed by atoms with Crippen LogP contribution in [0.5, 0.6) is 0 Å². The molecule has 1 aromatic heterocycles. The summed E-state index contributed by atoms with van der Waals surface area (Å²) in [6.45, 7) is 1.26. The van der Waals surface area contributed by atoms with Crippen LogP contribution in [-0.4, -0.2) is 27.2 Å². The van der Waals surface area contributed by atoms with Gasteiger partial charge in [-0.3, -0.25) is 11.3 Å². The van der Waals surface area contributed by atoms with Gasteiger partial charge in [0.1, 0.15) is 23.6 Å². The molecule has 0 fully saturated rings. The average Bonchev–Trinajstić information content (AvgIpc) is 2.47. The summed E-state index contributed by atoms with van der Waals surface area (Å²) in [5.41, 5.74) is 0.338. The number of nitrogens with zero attached hydrogens (tertiary/aromatic N) is 2. The van der Waals surface area contributed by atoms with Crippen molar-refractivity contribution in [2.45, 2.75) is 31.3 Å². The number of aromatic nitrogens is 2. The highest BCUT2D eigenvalue weighted by molar-refractivity contribution is 5.36. The maximum Gasteiger partial charge on any atom is 0.163 e. The molecule has 22 heavy (non-hydrogen) atoms. The van der Waals surface area contributed by atoms with Crippen LogP contribution in [0.2, 0.25) is 0 Å². The molecular weight excluding hydrogens is 297 g/mol. The first kappa shape index (κ1) is 16.6. The maximum atomic E-state index is 14.1. The Hall–Kier alpha value is -1.77. The van der Waals surface area contributed by atoms with Crippen LogP contribution in [-0.2, 0) is 0 Å². The van der Waals surface area contributed by atoms with E-state index >= 15 is 0 Å². The minimum Gasteiger partial charge on any atom is -0.383 e. The molecule has 5 nitrogen and oxygen atoms in total. The third kappa shape index (κ3) is 3.03. The van der Waals surface area contributed by atoms with Gasteiger partial charge in [-0.1, -0.05) is 6.92 Å². The first-order chi connectivity index (χ1) is 10.4. The average molecular weight is 314 g/mol. The summed E-state index contributed by atoms with van der Waals surface area (Å²) >= 11 is 0. The fraction of sp³-hybridized carbons (Fsp3) is 0.429. The van der Waals surface area contributed by atoms with Crippen molar-refractivity contribution < 1.29 is 18.3 Å². The van der Waals surface area contributed by atoms with Crippen molar-refractivity contribution in [3.05, 3.63) is 47.3 Å². The summed E-state index contributed by atoms with van der Waals surface area (Å²) in [6.07, 6.45) is 2.76. The Morgan fingerprint density at radius 3 is 2.73 bits per heavy atom. The highest BCUT2D eigenvalue weighted by Crippen LogP contribution is 2.40. The summed E-state index contributed by atoms with van der Waals surface area (Å²) in [5.74, 6) is 2.16. The molecule has 1 aliphatic carbocycles. The zero-order chi connectivity index (χ0) is 16.3. The van der Waals surface area contributed by atoms with Crippen molar-refractivity contribution in [1.82, 2.24) is 15.4 Å². The largest absolute Gasteiger partial charge is 0.383 e. The second-order valence-corrected chi connectivity index (χ2v) is 5.20. The molecule has 0 saturated carbocycles. The van der Waals surface area contributed by atoms with Gasteiger partial charge in [0.05, 0.1) is 11.9 Å². The zero-order valence-electron chi connectivity index (χ0n) is 12.0. The number of aliphatic hydroxyl groups is 1. The third-order valence-electron chi connectivity index (χ3n) is 3.90. The molecule has 0 aromatic carbocycles. The number of halogens is 3. The lowest BCUT2D eigenvalue weighted by Gasteiger charge is -2.37. The van der Waals surface area contributed by atoms with E-state index in [-0.39, 0.29) is 30.7 Å². The Balaban J connectivity index is 2.49. The van der Waals surface area contributed by atoms with Gasteiger partial charge in [0.25, 0.3) is 0 Å². The van der Waals surface area contributed by atoms with E-state index in [1.807, 2.05) is 0 Å². The van der Waals surface area contributed by atoms with Gasteiger partial charge in [-0.15, -0.1) is 0 Å². The highest BCUT2D eigenvalue weighted by atomic mass is 19.1. The molecule has 2 rings (SSSR count). The summed E-state index contributed by atoms with van der Waals surface area (Å²) in [6, 6.07) is 0.